The molecule has 0 heterocycles. The Bertz CT molecular complexity index is 1320. The van der Waals surface area contributed by atoms with Crippen LogP contribution in [-0.4, -0.2) is 16.8 Å². The van der Waals surface area contributed by atoms with E-state index in [-0.39, 0.29) is 31.2 Å². The van der Waals surface area contributed by atoms with Gasteiger partial charge in [-0.25, -0.2) is 16.8 Å². The van der Waals surface area contributed by atoms with Crippen LogP contribution in [0.2, 0.25) is 10.0 Å². The van der Waals surface area contributed by atoms with Gasteiger partial charge in [0.05, 0.1) is 15.4 Å². The number of sulfonamides is 2. The van der Waals surface area contributed by atoms with Gasteiger partial charge in [-0.15, -0.1) is 0 Å². The maximum atomic E-state index is 12.6. The van der Waals surface area contributed by atoms with E-state index in [1.165, 1.54) is 30.3 Å². The summed E-state index contributed by atoms with van der Waals surface area (Å²) >= 11 is 11.6. The summed E-state index contributed by atoms with van der Waals surface area (Å²) in [4.78, 5) is -0.415. The van der Waals surface area contributed by atoms with E-state index in [0.717, 1.165) is 36.4 Å². The smallest absolute Gasteiger partial charge is 0.280 e. The molecule has 0 bridgehead atoms. The summed E-state index contributed by atoms with van der Waals surface area (Å²) in [7, 11) is -8.18. The van der Waals surface area contributed by atoms with Crippen molar-refractivity contribution in [3.63, 3.8) is 0 Å². The minimum Gasteiger partial charge on any atom is -0.280 e. The van der Waals surface area contributed by atoms with E-state index in [2.05, 4.69) is 9.44 Å². The van der Waals surface area contributed by atoms with Gasteiger partial charge in [0, 0.05) is 21.4 Å². The summed E-state index contributed by atoms with van der Waals surface area (Å²) in [5, 5.41) is 0.238. The van der Waals surface area contributed by atoms with Gasteiger partial charge in [-0.05, 0) is 66.7 Å². The summed E-state index contributed by atoms with van der Waals surface area (Å²) in [5.74, 6) is 0. The van der Waals surface area contributed by atoms with Crippen molar-refractivity contribution < 1.29 is 30.0 Å². The normalized spacial score (nSPS) is 12.4. The summed E-state index contributed by atoms with van der Waals surface area (Å²) in [6.07, 6.45) is -4.54. The number of nitrogens with one attached hydrogen (secondary N) is 2. The molecule has 0 aromatic heterocycles. The second-order valence-electron chi connectivity index (χ2n) is 6.42. The number of alkyl halides is 3. The van der Waals surface area contributed by atoms with E-state index < -0.39 is 31.8 Å². The Morgan fingerprint density at radius 1 is 0.625 bits per heavy atom. The van der Waals surface area contributed by atoms with Gasteiger partial charge in [0.2, 0.25) is 0 Å². The van der Waals surface area contributed by atoms with E-state index >= 15 is 0 Å². The van der Waals surface area contributed by atoms with Gasteiger partial charge in [0.25, 0.3) is 20.0 Å². The van der Waals surface area contributed by atoms with Gasteiger partial charge in [0.1, 0.15) is 0 Å². The fourth-order valence-corrected chi connectivity index (χ4v) is 5.38. The molecule has 32 heavy (non-hydrogen) atoms. The third-order valence-corrected chi connectivity index (χ3v) is 7.22. The lowest BCUT2D eigenvalue weighted by molar-refractivity contribution is -0.137. The molecule has 0 spiro atoms. The van der Waals surface area contributed by atoms with Crippen LogP contribution in [0.15, 0.2) is 76.5 Å². The number of hydrogen-bond donors (Lipinski definition) is 2. The molecule has 170 valence electrons. The number of anilines is 2. The summed E-state index contributed by atoms with van der Waals surface area (Å²) < 4.78 is 92.2. The zero-order valence-corrected chi connectivity index (χ0v) is 18.8. The largest absolute Gasteiger partial charge is 0.416 e. The van der Waals surface area contributed by atoms with Crippen molar-refractivity contribution in [3.8, 4) is 0 Å². The minimum absolute atomic E-state index is 0.0644. The van der Waals surface area contributed by atoms with Crippen molar-refractivity contribution in [3.05, 3.63) is 82.3 Å². The standard InChI is InChI=1S/C19H13Cl2F3N2O4S2/c20-13-9-14(21)11-18(10-13)32(29,30)26-16-5-7-17(8-6-16)31(27,28)25-15-3-1-12(2-4-15)19(22,23)24/h1-11,25-26H. The van der Waals surface area contributed by atoms with E-state index in [9.17, 15) is 30.0 Å². The van der Waals surface area contributed by atoms with Crippen molar-refractivity contribution >= 4 is 54.6 Å². The van der Waals surface area contributed by atoms with Crippen LogP contribution in [0.5, 0.6) is 0 Å². The highest BCUT2D eigenvalue weighted by atomic mass is 35.5. The summed E-state index contributed by atoms with van der Waals surface area (Å²) in [6, 6.07) is 11.9. The van der Waals surface area contributed by atoms with E-state index in [0.29, 0.717) is 0 Å². The second-order valence-corrected chi connectivity index (χ2v) is 10.7. The monoisotopic (exact) mass is 524 g/mol. The van der Waals surface area contributed by atoms with E-state index in [1.54, 1.807) is 0 Å². The lowest BCUT2D eigenvalue weighted by Gasteiger charge is -2.12. The molecule has 0 atom stereocenters. The van der Waals surface area contributed by atoms with Gasteiger partial charge in [0.15, 0.2) is 0 Å². The molecule has 3 rings (SSSR count). The van der Waals surface area contributed by atoms with Crippen molar-refractivity contribution in [1.82, 2.24) is 0 Å². The lowest BCUT2D eigenvalue weighted by Crippen LogP contribution is -2.15. The molecule has 0 radical (unpaired) electrons. The number of benzene rings is 3. The van der Waals surface area contributed by atoms with Crippen LogP contribution >= 0.6 is 23.2 Å². The van der Waals surface area contributed by atoms with Crippen LogP contribution in [0, 0.1) is 0 Å². The van der Waals surface area contributed by atoms with E-state index in [1.807, 2.05) is 0 Å². The maximum Gasteiger partial charge on any atom is 0.416 e. The molecule has 3 aromatic carbocycles. The number of halogens is 5. The Morgan fingerprint density at radius 3 is 1.47 bits per heavy atom. The fourth-order valence-electron chi connectivity index (χ4n) is 2.54. The Kier molecular flexibility index (Phi) is 6.66. The van der Waals surface area contributed by atoms with Crippen molar-refractivity contribution in [2.24, 2.45) is 0 Å². The van der Waals surface area contributed by atoms with Crippen molar-refractivity contribution in [1.29, 1.82) is 0 Å². The summed E-state index contributed by atoms with van der Waals surface area (Å²) in [5.41, 5.74) is -0.923. The third-order valence-electron chi connectivity index (χ3n) is 4.03. The molecule has 0 saturated heterocycles. The first kappa shape index (κ1) is 24.2. The Balaban J connectivity index is 1.77. The van der Waals surface area contributed by atoms with Crippen LogP contribution in [0.25, 0.3) is 0 Å². The molecule has 0 unspecified atom stereocenters. The first-order valence-electron chi connectivity index (χ1n) is 8.55. The van der Waals surface area contributed by atoms with Gasteiger partial charge >= 0.3 is 6.18 Å². The predicted molar refractivity (Wildman–Crippen MR) is 116 cm³/mol. The number of rotatable bonds is 6. The minimum atomic E-state index is -4.54. The van der Waals surface area contributed by atoms with Gasteiger partial charge in [-0.1, -0.05) is 23.2 Å². The molecule has 13 heteroatoms. The molecule has 0 aliphatic heterocycles. The van der Waals surface area contributed by atoms with Crippen LogP contribution in [0.3, 0.4) is 0 Å². The second kappa shape index (κ2) is 8.81. The molecule has 0 aliphatic carbocycles. The highest BCUT2D eigenvalue weighted by molar-refractivity contribution is 7.93. The average molecular weight is 525 g/mol. The molecule has 0 fully saturated rings. The fraction of sp³-hybridized carbons (Fsp3) is 0.0526. The Hall–Kier alpha value is -2.47. The van der Waals surface area contributed by atoms with E-state index in [4.69, 9.17) is 23.2 Å². The van der Waals surface area contributed by atoms with Gasteiger partial charge in [-0.2, -0.15) is 13.2 Å². The first-order chi connectivity index (χ1) is 14.8. The average Bonchev–Trinajstić information content (AvgIpc) is 2.67. The quantitative estimate of drug-likeness (QED) is 0.438. The first-order valence-corrected chi connectivity index (χ1v) is 12.3. The SMILES string of the molecule is O=S(=O)(Nc1ccc(C(F)(F)F)cc1)c1ccc(NS(=O)(=O)c2cc(Cl)cc(Cl)c2)cc1. The van der Waals surface area contributed by atoms with Crippen molar-refractivity contribution in [2.45, 2.75) is 16.0 Å². The molecule has 2 N–H and O–H groups in total. The molecule has 3 aromatic rings. The molecule has 6 nitrogen and oxygen atoms in total. The Labute approximate surface area is 192 Å². The van der Waals surface area contributed by atoms with Crippen LogP contribution < -0.4 is 9.44 Å². The Morgan fingerprint density at radius 2 is 1.03 bits per heavy atom. The molecular weight excluding hydrogens is 512 g/mol. The maximum absolute atomic E-state index is 12.6. The van der Waals surface area contributed by atoms with Gasteiger partial charge < -0.3 is 0 Å². The third kappa shape index (κ3) is 5.85. The van der Waals surface area contributed by atoms with Gasteiger partial charge in [-0.3, -0.25) is 9.44 Å². The lowest BCUT2D eigenvalue weighted by atomic mass is 10.2. The number of hydrogen-bond acceptors (Lipinski definition) is 4. The van der Waals surface area contributed by atoms with Crippen LogP contribution in [0.4, 0.5) is 24.5 Å². The van der Waals surface area contributed by atoms with Crippen LogP contribution in [-0.2, 0) is 26.2 Å². The highest BCUT2D eigenvalue weighted by Gasteiger charge is 2.30. The molecule has 0 saturated carbocycles. The summed E-state index contributed by atoms with van der Waals surface area (Å²) in [6.45, 7) is 0. The predicted octanol–water partition coefficient (Wildman–Crippen LogP) is 5.61. The zero-order chi connectivity index (χ0) is 23.7. The molecule has 0 aliphatic rings. The highest BCUT2D eigenvalue weighted by Crippen LogP contribution is 2.30. The van der Waals surface area contributed by atoms with Crippen molar-refractivity contribution in [2.75, 3.05) is 9.44 Å². The zero-order valence-electron chi connectivity index (χ0n) is 15.7. The molecular formula is C19H13Cl2F3N2O4S2. The molecule has 0 amide bonds. The topological polar surface area (TPSA) is 92.3 Å². The van der Waals surface area contributed by atoms with Crippen LogP contribution in [0.1, 0.15) is 5.56 Å².